The van der Waals surface area contributed by atoms with Crippen molar-refractivity contribution in [3.8, 4) is 5.69 Å². The van der Waals surface area contributed by atoms with Gasteiger partial charge in [-0.25, -0.2) is 4.98 Å². The van der Waals surface area contributed by atoms with E-state index >= 15 is 0 Å². The van der Waals surface area contributed by atoms with Crippen LogP contribution in [0.2, 0.25) is 5.02 Å². The van der Waals surface area contributed by atoms with Crippen molar-refractivity contribution in [2.45, 2.75) is 36.5 Å². The fourth-order valence-corrected chi connectivity index (χ4v) is 5.67. The molecule has 4 aromatic rings. The molecule has 1 saturated heterocycles. The number of fused-ring (bicyclic) bond motifs is 1. The highest BCUT2D eigenvalue weighted by Gasteiger charge is 2.28. The average molecular weight is 523 g/mol. The topological polar surface area (TPSA) is 99.0 Å². The maximum Gasteiger partial charge on any atom is 0.270 e. The van der Waals surface area contributed by atoms with Crippen molar-refractivity contribution < 1.29 is 0 Å². The Hall–Kier alpha value is -3.30. The molecule has 0 spiro atoms. The second-order valence-corrected chi connectivity index (χ2v) is 11.2. The lowest BCUT2D eigenvalue weighted by molar-refractivity contribution is 0.277. The van der Waals surface area contributed by atoms with Crippen molar-refractivity contribution >= 4 is 46.0 Å². The summed E-state index contributed by atoms with van der Waals surface area (Å²) in [6.07, 6.45) is 3.52. The number of aromatic nitrogens is 4. The molecule has 3 heterocycles. The third-order valence-corrected chi connectivity index (χ3v) is 8.38. The van der Waals surface area contributed by atoms with Crippen molar-refractivity contribution in [1.29, 1.82) is 0 Å². The van der Waals surface area contributed by atoms with Crippen LogP contribution in [0.5, 0.6) is 0 Å². The highest BCUT2D eigenvalue weighted by molar-refractivity contribution is 7.99. The highest BCUT2D eigenvalue weighted by Crippen LogP contribution is 2.38. The quantitative estimate of drug-likeness (QED) is 0.421. The van der Waals surface area contributed by atoms with Gasteiger partial charge in [-0.2, -0.15) is 4.98 Å². The minimum Gasteiger partial charge on any atom is -0.382 e. The Kier molecular flexibility index (Phi) is 6.30. The number of rotatable bonds is 4. The van der Waals surface area contributed by atoms with Crippen molar-refractivity contribution in [2.24, 2.45) is 12.5 Å². The number of nitrogens with two attached hydrogens (primary N) is 1. The highest BCUT2D eigenvalue weighted by atomic mass is 35.5. The number of benzene rings is 2. The molecule has 2 N–H and O–H groups in total. The van der Waals surface area contributed by atoms with Crippen molar-refractivity contribution in [3.05, 3.63) is 74.5 Å². The van der Waals surface area contributed by atoms with Gasteiger partial charge in [0.1, 0.15) is 17.0 Å². The molecule has 5 rings (SSSR count). The summed E-state index contributed by atoms with van der Waals surface area (Å²) in [6, 6.07) is 12.7. The van der Waals surface area contributed by atoms with Gasteiger partial charge in [0, 0.05) is 25.0 Å². The molecule has 0 unspecified atom stereocenters. The molecule has 0 atom stereocenters. The lowest BCUT2D eigenvalue weighted by atomic mass is 9.83. The minimum atomic E-state index is -0.291. The third-order valence-electron chi connectivity index (χ3n) is 6.73. The maximum absolute atomic E-state index is 13.3. The van der Waals surface area contributed by atoms with E-state index in [1.165, 1.54) is 15.5 Å². The molecular formula is C26H27ClN6O2S. The number of anilines is 2. The first-order valence-corrected chi connectivity index (χ1v) is 12.9. The van der Waals surface area contributed by atoms with E-state index in [4.69, 9.17) is 17.3 Å². The number of hydrogen-bond donors (Lipinski definition) is 1. The first-order valence-electron chi connectivity index (χ1n) is 11.7. The van der Waals surface area contributed by atoms with Gasteiger partial charge >= 0.3 is 0 Å². The largest absolute Gasteiger partial charge is 0.382 e. The molecule has 8 nitrogen and oxygen atoms in total. The Balaban J connectivity index is 1.53. The normalized spacial score (nSPS) is 15.4. The fourth-order valence-electron chi connectivity index (χ4n) is 4.39. The van der Waals surface area contributed by atoms with Gasteiger partial charge in [0.15, 0.2) is 0 Å². The van der Waals surface area contributed by atoms with Gasteiger partial charge in [-0.15, -0.1) is 0 Å². The summed E-state index contributed by atoms with van der Waals surface area (Å²) in [5, 5.41) is 0.507. The summed E-state index contributed by atoms with van der Waals surface area (Å²) in [7, 11) is 1.71. The molecule has 2 aromatic heterocycles. The summed E-state index contributed by atoms with van der Waals surface area (Å²) in [5.74, 6) is 0.712. The van der Waals surface area contributed by atoms with Gasteiger partial charge in [0.05, 0.1) is 21.6 Å². The molecule has 1 aliphatic rings. The van der Waals surface area contributed by atoms with Crippen LogP contribution in [0.15, 0.2) is 68.2 Å². The predicted octanol–water partition coefficient (Wildman–Crippen LogP) is 4.49. The van der Waals surface area contributed by atoms with Crippen LogP contribution in [-0.2, 0) is 7.05 Å². The first-order chi connectivity index (χ1) is 17.2. The molecule has 1 aliphatic heterocycles. The minimum absolute atomic E-state index is 0.145. The lowest BCUT2D eigenvalue weighted by Crippen LogP contribution is -2.41. The SMILES string of the molecule is Cn1c(N2CCC(C)(C)CC2)nc(N)c(Sc2ccc3ncn(-c4ccccc4)c(=O)c3c2Cl)c1=O. The van der Waals surface area contributed by atoms with E-state index in [2.05, 4.69) is 28.7 Å². The Labute approximate surface area is 217 Å². The van der Waals surface area contributed by atoms with Crippen LogP contribution in [0.4, 0.5) is 11.8 Å². The zero-order valence-electron chi connectivity index (χ0n) is 20.4. The van der Waals surface area contributed by atoms with E-state index in [0.29, 0.717) is 22.0 Å². The fraction of sp³-hybridized carbons (Fsp3) is 0.308. The van der Waals surface area contributed by atoms with Crippen LogP contribution in [0.3, 0.4) is 0 Å². The van der Waals surface area contributed by atoms with Crippen molar-refractivity contribution in [1.82, 2.24) is 19.1 Å². The number of halogens is 1. The smallest absolute Gasteiger partial charge is 0.270 e. The van der Waals surface area contributed by atoms with Crippen LogP contribution >= 0.6 is 23.4 Å². The van der Waals surface area contributed by atoms with Crippen LogP contribution in [0.1, 0.15) is 26.7 Å². The standard InChI is InChI=1S/C26H27ClN6O2S/c1-26(2)11-13-32(14-12-26)25-30-22(28)21(24(35)31(25)3)36-18-10-9-17-19(20(18)27)23(34)33(15-29-17)16-7-5-4-6-8-16/h4-10,15H,11-14,28H2,1-3H3. The van der Waals surface area contributed by atoms with Gasteiger partial charge in [-0.1, -0.05) is 55.4 Å². The lowest BCUT2D eigenvalue weighted by Gasteiger charge is -2.37. The Morgan fingerprint density at radius 2 is 1.72 bits per heavy atom. The molecule has 0 saturated carbocycles. The molecule has 1 fully saturated rings. The van der Waals surface area contributed by atoms with Crippen molar-refractivity contribution in [3.63, 3.8) is 0 Å². The predicted molar refractivity (Wildman–Crippen MR) is 146 cm³/mol. The van der Waals surface area contributed by atoms with E-state index in [1.54, 1.807) is 19.2 Å². The van der Waals surface area contributed by atoms with Gasteiger partial charge in [-0.05, 0) is 42.5 Å². The molecule has 0 amide bonds. The maximum atomic E-state index is 13.3. The summed E-state index contributed by atoms with van der Waals surface area (Å²) in [4.78, 5) is 38.6. The second-order valence-electron chi connectivity index (χ2n) is 9.77. The monoisotopic (exact) mass is 522 g/mol. The van der Waals surface area contributed by atoms with E-state index in [9.17, 15) is 9.59 Å². The zero-order valence-corrected chi connectivity index (χ0v) is 21.9. The zero-order chi connectivity index (χ0) is 25.6. The first kappa shape index (κ1) is 24.4. The van der Waals surface area contributed by atoms with E-state index < -0.39 is 0 Å². The van der Waals surface area contributed by atoms with Gasteiger partial charge in [0.2, 0.25) is 5.95 Å². The average Bonchev–Trinajstić information content (AvgIpc) is 2.86. The molecule has 186 valence electrons. The van der Waals surface area contributed by atoms with Crippen molar-refractivity contribution in [2.75, 3.05) is 23.7 Å². The molecule has 0 bridgehead atoms. The van der Waals surface area contributed by atoms with Crippen LogP contribution < -0.4 is 21.8 Å². The molecule has 0 radical (unpaired) electrons. The number of para-hydroxylation sites is 1. The molecule has 10 heteroatoms. The number of nitrogen functional groups attached to an aromatic ring is 1. The van der Waals surface area contributed by atoms with Crippen LogP contribution in [0.25, 0.3) is 16.6 Å². The van der Waals surface area contributed by atoms with Gasteiger partial charge < -0.3 is 10.6 Å². The van der Waals surface area contributed by atoms with Crippen LogP contribution in [0, 0.1) is 5.41 Å². The summed E-state index contributed by atoms with van der Waals surface area (Å²) in [6.45, 7) is 6.14. The summed E-state index contributed by atoms with van der Waals surface area (Å²) in [5.41, 5.74) is 7.19. The summed E-state index contributed by atoms with van der Waals surface area (Å²) < 4.78 is 2.99. The van der Waals surface area contributed by atoms with E-state index in [-0.39, 0.29) is 37.7 Å². The van der Waals surface area contributed by atoms with Gasteiger partial charge in [0.25, 0.3) is 11.1 Å². The Morgan fingerprint density at radius 3 is 2.42 bits per heavy atom. The Bertz CT molecular complexity index is 1570. The number of piperidine rings is 1. The molecular weight excluding hydrogens is 496 g/mol. The molecule has 2 aromatic carbocycles. The Morgan fingerprint density at radius 1 is 1.03 bits per heavy atom. The third kappa shape index (κ3) is 4.37. The van der Waals surface area contributed by atoms with E-state index in [0.717, 1.165) is 37.7 Å². The van der Waals surface area contributed by atoms with Crippen LogP contribution in [-0.4, -0.2) is 32.2 Å². The molecule has 0 aliphatic carbocycles. The second kappa shape index (κ2) is 9.29. The molecule has 36 heavy (non-hydrogen) atoms. The number of hydrogen-bond acceptors (Lipinski definition) is 7. The summed E-state index contributed by atoms with van der Waals surface area (Å²) >= 11 is 7.84. The van der Waals surface area contributed by atoms with E-state index in [1.807, 2.05) is 30.3 Å². The number of nitrogens with zero attached hydrogens (tertiary/aromatic N) is 5. The van der Waals surface area contributed by atoms with Gasteiger partial charge in [-0.3, -0.25) is 18.7 Å².